The molecular formula is C12H21N3O2. The van der Waals surface area contributed by atoms with Gasteiger partial charge in [0, 0.05) is 12.2 Å². The molecule has 0 bridgehead atoms. The Kier molecular flexibility index (Phi) is 4.02. The Hall–Kier alpha value is -1.07. The van der Waals surface area contributed by atoms with Crippen LogP contribution < -0.4 is 5.32 Å². The lowest BCUT2D eigenvalue weighted by Gasteiger charge is -2.24. The minimum Gasteiger partial charge on any atom is -0.376 e. The van der Waals surface area contributed by atoms with E-state index in [9.17, 15) is 0 Å². The normalized spacial score (nSPS) is 20.8. The summed E-state index contributed by atoms with van der Waals surface area (Å²) >= 11 is 0. The average Bonchev–Trinajstić information content (AvgIpc) is 2.59. The van der Waals surface area contributed by atoms with Crippen LogP contribution in [0.25, 0.3) is 0 Å². The van der Waals surface area contributed by atoms with Crippen molar-refractivity contribution in [3.8, 4) is 0 Å². The van der Waals surface area contributed by atoms with Crippen LogP contribution >= 0.6 is 0 Å². The largest absolute Gasteiger partial charge is 0.376 e. The van der Waals surface area contributed by atoms with Crippen LogP contribution in [-0.4, -0.2) is 41.5 Å². The standard InChI is InChI=1S/C12H21N3O2/c1-9(2)13-12-14-10(3)6-15(12)7-11-8-16-4-5-17-11/h6,9,11H,4-5,7-8H2,1-3H3,(H,13,14). The quantitative estimate of drug-likeness (QED) is 0.863. The first-order valence-corrected chi connectivity index (χ1v) is 6.15. The molecule has 1 aromatic heterocycles. The van der Waals surface area contributed by atoms with Crippen LogP contribution in [0.4, 0.5) is 5.95 Å². The van der Waals surface area contributed by atoms with Gasteiger partial charge in [-0.05, 0) is 20.8 Å². The molecule has 96 valence electrons. The zero-order chi connectivity index (χ0) is 12.3. The van der Waals surface area contributed by atoms with Gasteiger partial charge in [-0.1, -0.05) is 0 Å². The fourth-order valence-electron chi connectivity index (χ4n) is 1.92. The molecule has 1 saturated heterocycles. The first kappa shape index (κ1) is 12.4. The molecule has 1 aliphatic rings. The number of imidazole rings is 1. The molecule has 2 rings (SSSR count). The van der Waals surface area contributed by atoms with E-state index in [2.05, 4.69) is 28.7 Å². The minimum absolute atomic E-state index is 0.130. The molecule has 17 heavy (non-hydrogen) atoms. The van der Waals surface area contributed by atoms with E-state index >= 15 is 0 Å². The summed E-state index contributed by atoms with van der Waals surface area (Å²) in [5.74, 6) is 0.909. The zero-order valence-electron chi connectivity index (χ0n) is 10.8. The van der Waals surface area contributed by atoms with Crippen molar-refractivity contribution in [2.24, 2.45) is 0 Å². The van der Waals surface area contributed by atoms with Gasteiger partial charge in [-0.3, -0.25) is 0 Å². The SMILES string of the molecule is Cc1cn(CC2COCCO2)c(NC(C)C)n1. The molecular weight excluding hydrogens is 218 g/mol. The summed E-state index contributed by atoms with van der Waals surface area (Å²) in [5.41, 5.74) is 1.02. The van der Waals surface area contributed by atoms with Gasteiger partial charge in [0.2, 0.25) is 5.95 Å². The molecule has 1 fully saturated rings. The van der Waals surface area contributed by atoms with Crippen LogP contribution in [0.2, 0.25) is 0 Å². The maximum atomic E-state index is 5.65. The molecule has 0 radical (unpaired) electrons. The maximum absolute atomic E-state index is 5.65. The molecule has 2 heterocycles. The van der Waals surface area contributed by atoms with E-state index in [-0.39, 0.29) is 6.10 Å². The van der Waals surface area contributed by atoms with Crippen LogP contribution in [-0.2, 0) is 16.0 Å². The van der Waals surface area contributed by atoms with Gasteiger partial charge in [0.15, 0.2) is 0 Å². The van der Waals surface area contributed by atoms with Crippen molar-refractivity contribution in [3.05, 3.63) is 11.9 Å². The van der Waals surface area contributed by atoms with Crippen molar-refractivity contribution >= 4 is 5.95 Å². The highest BCUT2D eigenvalue weighted by atomic mass is 16.6. The Morgan fingerprint density at radius 1 is 1.53 bits per heavy atom. The van der Waals surface area contributed by atoms with Crippen molar-refractivity contribution in [3.63, 3.8) is 0 Å². The van der Waals surface area contributed by atoms with Crippen LogP contribution in [0.5, 0.6) is 0 Å². The Labute approximate surface area is 102 Å². The monoisotopic (exact) mass is 239 g/mol. The highest BCUT2D eigenvalue weighted by Crippen LogP contribution is 2.13. The molecule has 0 spiro atoms. The van der Waals surface area contributed by atoms with Gasteiger partial charge in [-0.2, -0.15) is 0 Å². The molecule has 1 aromatic rings. The molecule has 0 aromatic carbocycles. The number of aryl methyl sites for hydroxylation is 1. The predicted octanol–water partition coefficient (Wildman–Crippen LogP) is 1.43. The highest BCUT2D eigenvalue weighted by molar-refractivity contribution is 5.29. The first-order valence-electron chi connectivity index (χ1n) is 6.15. The maximum Gasteiger partial charge on any atom is 0.203 e. The fourth-order valence-corrected chi connectivity index (χ4v) is 1.92. The van der Waals surface area contributed by atoms with Gasteiger partial charge in [0.1, 0.15) is 0 Å². The number of anilines is 1. The highest BCUT2D eigenvalue weighted by Gasteiger charge is 2.17. The van der Waals surface area contributed by atoms with E-state index < -0.39 is 0 Å². The van der Waals surface area contributed by atoms with Crippen molar-refractivity contribution < 1.29 is 9.47 Å². The molecule has 5 heteroatoms. The van der Waals surface area contributed by atoms with Crippen LogP contribution in [0, 0.1) is 6.92 Å². The van der Waals surface area contributed by atoms with Crippen molar-refractivity contribution in [1.82, 2.24) is 9.55 Å². The smallest absolute Gasteiger partial charge is 0.203 e. The summed E-state index contributed by atoms with van der Waals surface area (Å²) in [4.78, 5) is 4.47. The second-order valence-electron chi connectivity index (χ2n) is 4.73. The van der Waals surface area contributed by atoms with Gasteiger partial charge in [0.05, 0.1) is 38.2 Å². The number of hydrogen-bond acceptors (Lipinski definition) is 4. The van der Waals surface area contributed by atoms with Gasteiger partial charge in [-0.15, -0.1) is 0 Å². The Morgan fingerprint density at radius 3 is 3.00 bits per heavy atom. The van der Waals surface area contributed by atoms with Crippen molar-refractivity contribution in [2.45, 2.75) is 39.5 Å². The van der Waals surface area contributed by atoms with Crippen molar-refractivity contribution in [2.75, 3.05) is 25.1 Å². The molecule has 0 saturated carbocycles. The summed E-state index contributed by atoms with van der Waals surface area (Å²) in [6.07, 6.45) is 2.17. The van der Waals surface area contributed by atoms with Crippen molar-refractivity contribution in [1.29, 1.82) is 0 Å². The first-order chi connectivity index (χ1) is 8.15. The lowest BCUT2D eigenvalue weighted by atomic mass is 10.3. The van der Waals surface area contributed by atoms with Crippen LogP contribution in [0.15, 0.2) is 6.20 Å². The van der Waals surface area contributed by atoms with Gasteiger partial charge in [0.25, 0.3) is 0 Å². The van der Waals surface area contributed by atoms with E-state index in [1.165, 1.54) is 0 Å². The third-order valence-corrected chi connectivity index (χ3v) is 2.60. The molecule has 5 nitrogen and oxygen atoms in total. The second-order valence-corrected chi connectivity index (χ2v) is 4.73. The third kappa shape index (κ3) is 3.44. The minimum atomic E-state index is 0.130. The Balaban J connectivity index is 2.02. The lowest BCUT2D eigenvalue weighted by molar-refractivity contribution is -0.0934. The molecule has 0 amide bonds. The summed E-state index contributed by atoms with van der Waals surface area (Å²) in [6.45, 7) is 9.06. The zero-order valence-corrected chi connectivity index (χ0v) is 10.8. The molecule has 1 atom stereocenters. The van der Waals surface area contributed by atoms with Crippen LogP contribution in [0.3, 0.4) is 0 Å². The van der Waals surface area contributed by atoms with E-state index in [1.54, 1.807) is 0 Å². The van der Waals surface area contributed by atoms with Gasteiger partial charge >= 0.3 is 0 Å². The van der Waals surface area contributed by atoms with Gasteiger partial charge in [-0.25, -0.2) is 4.98 Å². The second kappa shape index (κ2) is 5.51. The third-order valence-electron chi connectivity index (χ3n) is 2.60. The molecule has 1 unspecified atom stereocenters. The summed E-state index contributed by atoms with van der Waals surface area (Å²) in [6, 6.07) is 0.374. The number of hydrogen-bond donors (Lipinski definition) is 1. The summed E-state index contributed by atoms with van der Waals surface area (Å²) < 4.78 is 13.2. The number of ether oxygens (including phenoxy) is 2. The van der Waals surface area contributed by atoms with E-state index in [1.807, 2.05) is 13.1 Å². The van der Waals surface area contributed by atoms with Crippen LogP contribution in [0.1, 0.15) is 19.5 Å². The van der Waals surface area contributed by atoms with E-state index in [0.717, 1.165) is 18.2 Å². The molecule has 1 aliphatic heterocycles. The summed E-state index contributed by atoms with van der Waals surface area (Å²) in [7, 11) is 0. The number of aromatic nitrogens is 2. The van der Waals surface area contributed by atoms with E-state index in [4.69, 9.17) is 9.47 Å². The van der Waals surface area contributed by atoms with Gasteiger partial charge < -0.3 is 19.4 Å². The fraction of sp³-hybridized carbons (Fsp3) is 0.750. The average molecular weight is 239 g/mol. The number of nitrogens with one attached hydrogen (secondary N) is 1. The Bertz CT molecular complexity index is 357. The Morgan fingerprint density at radius 2 is 2.35 bits per heavy atom. The topological polar surface area (TPSA) is 48.3 Å². The number of nitrogens with zero attached hydrogens (tertiary/aromatic N) is 2. The summed E-state index contributed by atoms with van der Waals surface area (Å²) in [5, 5.41) is 3.34. The predicted molar refractivity (Wildman–Crippen MR) is 66.3 cm³/mol. The number of rotatable bonds is 4. The molecule has 0 aliphatic carbocycles. The lowest BCUT2D eigenvalue weighted by Crippen LogP contribution is -2.32. The molecule has 1 N–H and O–H groups in total. The van der Waals surface area contributed by atoms with E-state index in [0.29, 0.717) is 25.9 Å².